The maximum Gasteiger partial charge on any atom is 0.416 e. The maximum atomic E-state index is 13.4. The molecule has 16 heteroatoms. The molecule has 2 N–H and O–H groups in total. The Morgan fingerprint density at radius 1 is 0.950 bits per heavy atom. The fraction of sp³-hybridized carbons (Fsp3) is 0.167. The Balaban J connectivity index is 1.57. The third-order valence-electron chi connectivity index (χ3n) is 5.18. The molecule has 40 heavy (non-hydrogen) atoms. The zero-order chi connectivity index (χ0) is 29.1. The second-order valence-corrected chi connectivity index (χ2v) is 9.32. The molecule has 0 atom stereocenters. The van der Waals surface area contributed by atoms with Crippen molar-refractivity contribution >= 4 is 40.9 Å². The molecule has 2 amide bonds. The van der Waals surface area contributed by atoms with Crippen molar-refractivity contribution in [3.8, 4) is 5.69 Å². The van der Waals surface area contributed by atoms with Crippen LogP contribution in [0, 0.1) is 0 Å². The summed E-state index contributed by atoms with van der Waals surface area (Å²) in [4.78, 5) is 24.8. The molecule has 0 aliphatic carbocycles. The van der Waals surface area contributed by atoms with E-state index >= 15 is 0 Å². The van der Waals surface area contributed by atoms with Crippen LogP contribution >= 0.6 is 23.4 Å². The van der Waals surface area contributed by atoms with Crippen LogP contribution < -0.4 is 10.6 Å². The van der Waals surface area contributed by atoms with Gasteiger partial charge in [0.2, 0.25) is 5.91 Å². The average molecular weight is 604 g/mol. The fourth-order valence-corrected chi connectivity index (χ4v) is 4.29. The number of carbonyl (C=O) groups is 2. The molecule has 0 aliphatic rings. The van der Waals surface area contributed by atoms with E-state index in [1.165, 1.54) is 35.1 Å². The summed E-state index contributed by atoms with van der Waals surface area (Å²) in [5.41, 5.74) is -2.27. The summed E-state index contributed by atoms with van der Waals surface area (Å²) < 4.78 is 85.4. The van der Waals surface area contributed by atoms with Gasteiger partial charge in [-0.3, -0.25) is 14.2 Å². The van der Waals surface area contributed by atoms with E-state index in [9.17, 15) is 35.9 Å². The van der Waals surface area contributed by atoms with Crippen LogP contribution in [0.15, 0.2) is 70.4 Å². The second kappa shape index (κ2) is 11.6. The molecule has 0 spiro atoms. The van der Waals surface area contributed by atoms with Crippen LogP contribution in [0.3, 0.4) is 0 Å². The lowest BCUT2D eigenvalue weighted by atomic mass is 10.2. The van der Waals surface area contributed by atoms with E-state index in [2.05, 4.69) is 20.8 Å². The summed E-state index contributed by atoms with van der Waals surface area (Å²) in [6, 6.07) is 9.55. The molecule has 210 valence electrons. The fourth-order valence-electron chi connectivity index (χ4n) is 3.36. The number of rotatable bonds is 8. The third-order valence-corrected chi connectivity index (χ3v) is 6.44. The van der Waals surface area contributed by atoms with Gasteiger partial charge in [-0.1, -0.05) is 29.4 Å². The van der Waals surface area contributed by atoms with Gasteiger partial charge < -0.3 is 15.1 Å². The van der Waals surface area contributed by atoms with Gasteiger partial charge in [-0.05, 0) is 48.5 Å². The molecule has 0 aliphatic heterocycles. The minimum atomic E-state index is -4.66. The Morgan fingerprint density at radius 2 is 1.68 bits per heavy atom. The first-order valence-electron chi connectivity index (χ1n) is 11.1. The summed E-state index contributed by atoms with van der Waals surface area (Å²) in [5, 5.41) is 12.5. The lowest BCUT2D eigenvalue weighted by Crippen LogP contribution is -2.24. The monoisotopic (exact) mass is 603 g/mol. The predicted octanol–water partition coefficient (Wildman–Crippen LogP) is 6.21. The topological polar surface area (TPSA) is 102 Å². The predicted molar refractivity (Wildman–Crippen MR) is 132 cm³/mol. The molecule has 4 rings (SSSR count). The Hall–Kier alpha value is -3.98. The molecule has 8 nitrogen and oxygen atoms in total. The number of nitrogens with zero attached hydrogens (tertiary/aromatic N) is 3. The lowest BCUT2D eigenvalue weighted by molar-refractivity contribution is -0.138. The van der Waals surface area contributed by atoms with Crippen LogP contribution in [0.4, 0.5) is 32.0 Å². The number of halogens is 7. The van der Waals surface area contributed by atoms with Crippen LogP contribution in [0.2, 0.25) is 5.02 Å². The van der Waals surface area contributed by atoms with Gasteiger partial charge in [0, 0.05) is 0 Å². The number of anilines is 1. The van der Waals surface area contributed by atoms with Gasteiger partial charge in [0.25, 0.3) is 5.91 Å². The van der Waals surface area contributed by atoms with E-state index in [-0.39, 0.29) is 39.7 Å². The molecule has 2 heterocycles. The van der Waals surface area contributed by atoms with Crippen molar-refractivity contribution in [2.45, 2.75) is 24.1 Å². The Labute approximate surface area is 230 Å². The van der Waals surface area contributed by atoms with Gasteiger partial charge in [0.05, 0.1) is 46.1 Å². The second-order valence-electron chi connectivity index (χ2n) is 7.97. The van der Waals surface area contributed by atoms with Crippen molar-refractivity contribution in [3.63, 3.8) is 0 Å². The Morgan fingerprint density at radius 3 is 2.35 bits per heavy atom. The van der Waals surface area contributed by atoms with Crippen molar-refractivity contribution in [1.29, 1.82) is 0 Å². The third kappa shape index (κ3) is 6.96. The van der Waals surface area contributed by atoms with Crippen molar-refractivity contribution in [2.24, 2.45) is 0 Å². The summed E-state index contributed by atoms with van der Waals surface area (Å²) >= 11 is 6.67. The van der Waals surface area contributed by atoms with E-state index in [1.54, 1.807) is 0 Å². The summed E-state index contributed by atoms with van der Waals surface area (Å²) in [5.74, 6) is -1.78. The van der Waals surface area contributed by atoms with Crippen LogP contribution in [-0.4, -0.2) is 32.3 Å². The van der Waals surface area contributed by atoms with E-state index < -0.39 is 41.0 Å². The minimum absolute atomic E-state index is 0.00842. The number of carbonyl (C=O) groups excluding carboxylic acids is 2. The van der Waals surface area contributed by atoms with Gasteiger partial charge in [0.1, 0.15) is 0 Å². The first-order chi connectivity index (χ1) is 18.8. The SMILES string of the molecule is O=C(CSc1nnc(CNC(=O)c2ccco2)n1-c1cccc(C(F)(F)F)c1)Nc1cc(C(F)(F)F)ccc1Cl. The Bertz CT molecular complexity index is 1520. The number of aromatic nitrogens is 3. The number of amides is 2. The molecule has 2 aromatic carbocycles. The van der Waals surface area contributed by atoms with Crippen molar-refractivity contribution in [1.82, 2.24) is 20.1 Å². The van der Waals surface area contributed by atoms with Crippen molar-refractivity contribution in [2.75, 3.05) is 11.1 Å². The molecule has 0 saturated carbocycles. The van der Waals surface area contributed by atoms with Crippen LogP contribution in [0.5, 0.6) is 0 Å². The van der Waals surface area contributed by atoms with Crippen LogP contribution in [0.1, 0.15) is 27.5 Å². The van der Waals surface area contributed by atoms with E-state index in [0.717, 1.165) is 36.0 Å². The summed E-state index contributed by atoms with van der Waals surface area (Å²) in [6.07, 6.45) is -8.04. The molecule has 0 fully saturated rings. The lowest BCUT2D eigenvalue weighted by Gasteiger charge is -2.14. The normalized spacial score (nSPS) is 11.9. The van der Waals surface area contributed by atoms with Gasteiger partial charge in [-0.15, -0.1) is 10.2 Å². The summed E-state index contributed by atoms with van der Waals surface area (Å²) in [6.45, 7) is -0.268. The number of alkyl halides is 6. The zero-order valence-corrected chi connectivity index (χ0v) is 21.4. The highest BCUT2D eigenvalue weighted by Gasteiger charge is 2.32. The van der Waals surface area contributed by atoms with E-state index in [4.69, 9.17) is 16.0 Å². The van der Waals surface area contributed by atoms with Crippen molar-refractivity contribution in [3.05, 3.63) is 88.6 Å². The highest BCUT2D eigenvalue weighted by atomic mass is 35.5. The van der Waals surface area contributed by atoms with Crippen LogP contribution in [0.25, 0.3) is 5.69 Å². The quantitative estimate of drug-likeness (QED) is 0.183. The highest BCUT2D eigenvalue weighted by molar-refractivity contribution is 7.99. The van der Waals surface area contributed by atoms with Crippen molar-refractivity contribution < 1.29 is 40.3 Å². The standard InChI is InChI=1S/C24H16ClF6N5O3S/c25-16-7-6-14(24(29,30)31)10-17(16)33-20(37)12-40-22-35-34-19(11-32-21(38)18-5-2-8-39-18)36(22)15-4-1-3-13(9-15)23(26,27)28/h1-10H,11-12H2,(H,32,38)(H,33,37). The number of hydrogen-bond donors (Lipinski definition) is 2. The molecular weight excluding hydrogens is 588 g/mol. The van der Waals surface area contributed by atoms with E-state index in [0.29, 0.717) is 6.07 Å². The minimum Gasteiger partial charge on any atom is -0.459 e. The summed E-state index contributed by atoms with van der Waals surface area (Å²) in [7, 11) is 0. The van der Waals surface area contributed by atoms with Gasteiger partial charge in [-0.25, -0.2) is 0 Å². The number of hydrogen-bond acceptors (Lipinski definition) is 6. The first kappa shape index (κ1) is 29.0. The number of benzene rings is 2. The van der Waals surface area contributed by atoms with Gasteiger partial charge in [0.15, 0.2) is 16.7 Å². The number of nitrogens with one attached hydrogen (secondary N) is 2. The number of thioether (sulfide) groups is 1. The molecular formula is C24H16ClF6N5O3S. The average Bonchev–Trinajstić information content (AvgIpc) is 3.57. The molecule has 0 bridgehead atoms. The van der Waals surface area contributed by atoms with Gasteiger partial charge >= 0.3 is 12.4 Å². The number of furan rings is 1. The Kier molecular flexibility index (Phi) is 8.44. The zero-order valence-electron chi connectivity index (χ0n) is 19.8. The van der Waals surface area contributed by atoms with Gasteiger partial charge in [-0.2, -0.15) is 26.3 Å². The molecule has 2 aromatic heterocycles. The first-order valence-corrected chi connectivity index (χ1v) is 12.4. The van der Waals surface area contributed by atoms with Crippen LogP contribution in [-0.2, 0) is 23.7 Å². The smallest absolute Gasteiger partial charge is 0.416 e. The highest BCUT2D eigenvalue weighted by Crippen LogP contribution is 2.34. The molecule has 0 unspecified atom stereocenters. The maximum absolute atomic E-state index is 13.4. The molecule has 0 radical (unpaired) electrons. The largest absolute Gasteiger partial charge is 0.459 e. The molecule has 4 aromatic rings. The van der Waals surface area contributed by atoms with E-state index in [1.807, 2.05) is 0 Å². The molecule has 0 saturated heterocycles.